The van der Waals surface area contributed by atoms with E-state index in [-0.39, 0.29) is 0 Å². The molecule has 3 aromatic rings. The molecule has 3 rings (SSSR count). The van der Waals surface area contributed by atoms with Gasteiger partial charge in [0, 0.05) is 50.0 Å². The van der Waals surface area contributed by atoms with Crippen LogP contribution in [0.4, 0.5) is 0 Å². The molecule has 25 heavy (non-hydrogen) atoms. The topological polar surface area (TPSA) is 67.1 Å². The molecule has 0 aliphatic rings. The lowest BCUT2D eigenvalue weighted by Crippen LogP contribution is -2.38. The van der Waals surface area contributed by atoms with E-state index >= 15 is 0 Å². The van der Waals surface area contributed by atoms with Crippen LogP contribution in [0.2, 0.25) is 0 Å². The molecule has 0 aliphatic heterocycles. The van der Waals surface area contributed by atoms with Gasteiger partial charge in [0.2, 0.25) is 0 Å². The minimum atomic E-state index is 0.685. The van der Waals surface area contributed by atoms with Crippen LogP contribution in [0.5, 0.6) is 0 Å². The van der Waals surface area contributed by atoms with Crippen LogP contribution in [0.15, 0.2) is 54.2 Å². The molecule has 1 aromatic carbocycles. The number of benzene rings is 1. The summed E-state index contributed by atoms with van der Waals surface area (Å²) in [5.74, 6) is 0.786. The fraction of sp³-hybridized carbons (Fsp3) is 0.278. The van der Waals surface area contributed by atoms with E-state index in [9.17, 15) is 0 Å². The average Bonchev–Trinajstić information content (AvgIpc) is 3.30. The first-order valence-corrected chi connectivity index (χ1v) is 9.00. The molecule has 130 valence electrons. The van der Waals surface area contributed by atoms with E-state index in [1.165, 1.54) is 10.4 Å². The van der Waals surface area contributed by atoms with Gasteiger partial charge in [-0.2, -0.15) is 0 Å². The highest BCUT2D eigenvalue weighted by atomic mass is 32.1. The normalized spacial score (nSPS) is 11.5. The van der Waals surface area contributed by atoms with Gasteiger partial charge < -0.3 is 15.2 Å². The van der Waals surface area contributed by atoms with E-state index < -0.39 is 0 Å². The first-order chi connectivity index (χ1) is 12.3. The molecular formula is C18H22N6S. The van der Waals surface area contributed by atoms with Gasteiger partial charge in [0.25, 0.3) is 0 Å². The summed E-state index contributed by atoms with van der Waals surface area (Å²) in [6, 6.07) is 8.26. The predicted molar refractivity (Wildman–Crippen MR) is 102 cm³/mol. The fourth-order valence-corrected chi connectivity index (χ4v) is 3.30. The molecule has 2 heterocycles. The lowest BCUT2D eigenvalue weighted by atomic mass is 10.1. The SMILES string of the molecule is CN=C(NCCc1ncc(C)s1)NCc1ccccc1-n1ccnc1. The third-order valence-electron chi connectivity index (χ3n) is 3.74. The molecule has 6 nitrogen and oxygen atoms in total. The maximum absolute atomic E-state index is 4.38. The molecule has 0 aliphatic carbocycles. The zero-order chi connectivity index (χ0) is 17.5. The summed E-state index contributed by atoms with van der Waals surface area (Å²) >= 11 is 1.74. The third-order valence-corrected chi connectivity index (χ3v) is 4.72. The van der Waals surface area contributed by atoms with Gasteiger partial charge in [0.15, 0.2) is 5.96 Å². The van der Waals surface area contributed by atoms with Crippen LogP contribution in [0, 0.1) is 6.92 Å². The van der Waals surface area contributed by atoms with E-state index in [0.717, 1.165) is 29.6 Å². The summed E-state index contributed by atoms with van der Waals surface area (Å²) < 4.78 is 2.01. The van der Waals surface area contributed by atoms with Crippen LogP contribution in [-0.2, 0) is 13.0 Å². The number of aromatic nitrogens is 3. The van der Waals surface area contributed by atoms with Gasteiger partial charge in [-0.1, -0.05) is 18.2 Å². The molecular weight excluding hydrogens is 332 g/mol. The summed E-state index contributed by atoms with van der Waals surface area (Å²) in [6.45, 7) is 3.56. The Labute approximate surface area is 151 Å². The lowest BCUT2D eigenvalue weighted by molar-refractivity contribution is 0.788. The van der Waals surface area contributed by atoms with E-state index in [4.69, 9.17) is 0 Å². The number of nitrogens with zero attached hydrogens (tertiary/aromatic N) is 4. The quantitative estimate of drug-likeness (QED) is 0.527. The van der Waals surface area contributed by atoms with Crippen molar-refractivity contribution in [1.82, 2.24) is 25.2 Å². The zero-order valence-electron chi connectivity index (χ0n) is 14.4. The van der Waals surface area contributed by atoms with Crippen LogP contribution < -0.4 is 10.6 Å². The minimum absolute atomic E-state index is 0.685. The van der Waals surface area contributed by atoms with Gasteiger partial charge in [-0.25, -0.2) is 9.97 Å². The number of hydrogen-bond donors (Lipinski definition) is 2. The Hall–Kier alpha value is -2.67. The number of aliphatic imine (C=N–C) groups is 1. The Morgan fingerprint density at radius 2 is 2.16 bits per heavy atom. The van der Waals surface area contributed by atoms with Crippen LogP contribution in [0.3, 0.4) is 0 Å². The predicted octanol–water partition coefficient (Wildman–Crippen LogP) is 2.54. The number of rotatable bonds is 6. The summed E-state index contributed by atoms with van der Waals surface area (Å²) in [5, 5.41) is 7.85. The van der Waals surface area contributed by atoms with Crippen molar-refractivity contribution in [2.75, 3.05) is 13.6 Å². The first-order valence-electron chi connectivity index (χ1n) is 8.18. The minimum Gasteiger partial charge on any atom is -0.356 e. The number of hydrogen-bond acceptors (Lipinski definition) is 4. The second-order valence-corrected chi connectivity index (χ2v) is 6.89. The molecule has 0 saturated heterocycles. The second kappa shape index (κ2) is 8.43. The van der Waals surface area contributed by atoms with Crippen molar-refractivity contribution in [2.24, 2.45) is 4.99 Å². The molecule has 0 atom stereocenters. The summed E-state index contributed by atoms with van der Waals surface area (Å²) in [5.41, 5.74) is 2.29. The summed E-state index contributed by atoms with van der Waals surface area (Å²) in [6.07, 6.45) is 8.35. The van der Waals surface area contributed by atoms with Gasteiger partial charge >= 0.3 is 0 Å². The molecule has 2 N–H and O–H groups in total. The van der Waals surface area contributed by atoms with Crippen LogP contribution >= 0.6 is 11.3 Å². The molecule has 0 unspecified atom stereocenters. The Bertz CT molecular complexity index is 822. The van der Waals surface area contributed by atoms with Gasteiger partial charge in [0.05, 0.1) is 17.0 Å². The van der Waals surface area contributed by atoms with Gasteiger partial charge in [-0.05, 0) is 18.6 Å². The second-order valence-electron chi connectivity index (χ2n) is 5.57. The lowest BCUT2D eigenvalue weighted by Gasteiger charge is -2.14. The van der Waals surface area contributed by atoms with Gasteiger partial charge in [0.1, 0.15) is 0 Å². The van der Waals surface area contributed by atoms with Crippen LogP contribution in [0.25, 0.3) is 5.69 Å². The highest BCUT2D eigenvalue weighted by Gasteiger charge is 2.05. The van der Waals surface area contributed by atoms with Crippen molar-refractivity contribution in [3.8, 4) is 5.69 Å². The van der Waals surface area contributed by atoms with E-state index in [2.05, 4.69) is 44.7 Å². The Morgan fingerprint density at radius 3 is 2.88 bits per heavy atom. The maximum Gasteiger partial charge on any atom is 0.191 e. The van der Waals surface area contributed by atoms with Gasteiger partial charge in [-0.15, -0.1) is 11.3 Å². The van der Waals surface area contributed by atoms with E-state index in [1.54, 1.807) is 24.6 Å². The highest BCUT2D eigenvalue weighted by Crippen LogP contribution is 2.14. The Morgan fingerprint density at radius 1 is 1.28 bits per heavy atom. The van der Waals surface area contributed by atoms with Crippen LogP contribution in [0.1, 0.15) is 15.4 Å². The van der Waals surface area contributed by atoms with Crippen LogP contribution in [-0.4, -0.2) is 34.1 Å². The van der Waals surface area contributed by atoms with Crippen molar-refractivity contribution in [2.45, 2.75) is 19.9 Å². The molecule has 0 fully saturated rings. The smallest absolute Gasteiger partial charge is 0.191 e. The largest absolute Gasteiger partial charge is 0.356 e. The molecule has 0 spiro atoms. The van der Waals surface area contributed by atoms with Crippen molar-refractivity contribution in [1.29, 1.82) is 0 Å². The number of aryl methyl sites for hydroxylation is 1. The standard InChI is InChI=1S/C18H22N6S/c1-14-11-22-17(25-14)7-8-21-18(19-2)23-12-15-5-3-4-6-16(15)24-10-9-20-13-24/h3-6,9-11,13H,7-8,12H2,1-2H3,(H2,19,21,23). The number of para-hydroxylation sites is 1. The molecule has 7 heteroatoms. The molecule has 0 bridgehead atoms. The number of guanidine groups is 1. The number of imidazole rings is 1. The fourth-order valence-electron chi connectivity index (χ4n) is 2.52. The van der Waals surface area contributed by atoms with Crippen molar-refractivity contribution in [3.63, 3.8) is 0 Å². The summed E-state index contributed by atoms with van der Waals surface area (Å²) in [4.78, 5) is 14.0. The molecule has 0 saturated carbocycles. The van der Waals surface area contributed by atoms with E-state index in [1.807, 2.05) is 35.4 Å². The monoisotopic (exact) mass is 354 g/mol. The Balaban J connectivity index is 1.55. The average molecular weight is 354 g/mol. The highest BCUT2D eigenvalue weighted by molar-refractivity contribution is 7.11. The molecule has 0 radical (unpaired) electrons. The first kappa shape index (κ1) is 17.2. The zero-order valence-corrected chi connectivity index (χ0v) is 15.3. The van der Waals surface area contributed by atoms with Gasteiger partial charge in [-0.3, -0.25) is 4.99 Å². The maximum atomic E-state index is 4.38. The number of thiazole rings is 1. The Kier molecular flexibility index (Phi) is 5.79. The molecule has 0 amide bonds. The van der Waals surface area contributed by atoms with Crippen molar-refractivity contribution < 1.29 is 0 Å². The number of nitrogens with one attached hydrogen (secondary N) is 2. The molecule has 2 aromatic heterocycles. The van der Waals surface area contributed by atoms with Crippen molar-refractivity contribution in [3.05, 3.63) is 64.6 Å². The summed E-state index contributed by atoms with van der Waals surface area (Å²) in [7, 11) is 1.78. The van der Waals surface area contributed by atoms with E-state index in [0.29, 0.717) is 6.54 Å². The third kappa shape index (κ3) is 4.67. The van der Waals surface area contributed by atoms with Crippen molar-refractivity contribution >= 4 is 17.3 Å².